The first-order valence-electron chi connectivity index (χ1n) is 1.53. The second-order valence-electron chi connectivity index (χ2n) is 1.09. The van der Waals surface area contributed by atoms with Crippen LogP contribution in [-0.4, -0.2) is 59.8 Å². The molecule has 0 unspecified atom stereocenters. The van der Waals surface area contributed by atoms with Crippen LogP contribution in [0.25, 0.3) is 0 Å². The molecule has 9 heavy (non-hydrogen) atoms. The van der Waals surface area contributed by atoms with Gasteiger partial charge in [0.2, 0.25) is 0 Å². The zero-order valence-electron chi connectivity index (χ0n) is 7.27. The van der Waals surface area contributed by atoms with E-state index in [0.717, 1.165) is 0 Å². The molecule has 0 rings (SSSR count). The monoisotopic (exact) mass is 164 g/mol. The number of hydrogen-bond donors (Lipinski definition) is 1. The van der Waals surface area contributed by atoms with Gasteiger partial charge in [-0.15, -0.1) is 0 Å². The normalized spacial score (nSPS) is 5.00. The molecule has 0 aliphatic carbocycles. The molecule has 54 valence electrons. The van der Waals surface area contributed by atoms with Gasteiger partial charge >= 0.3 is 43.7 Å². The van der Waals surface area contributed by atoms with E-state index in [-0.39, 0.29) is 57.1 Å². The molecule has 0 saturated heterocycles. The van der Waals surface area contributed by atoms with Crippen LogP contribution in [0.3, 0.4) is 0 Å². The maximum atomic E-state index is 9.60. The summed E-state index contributed by atoms with van der Waals surface area (Å²) in [5.41, 5.74) is 0.176. The van der Waals surface area contributed by atoms with Crippen molar-refractivity contribution < 1.29 is 23.7 Å². The van der Waals surface area contributed by atoms with E-state index in [9.17, 15) is 4.79 Å². The van der Waals surface area contributed by atoms with Crippen molar-refractivity contribution in [2.75, 3.05) is 0 Å². The third kappa shape index (κ3) is 17.8. The van der Waals surface area contributed by atoms with Crippen molar-refractivity contribution in [2.45, 2.75) is 6.92 Å². The zero-order chi connectivity index (χ0) is 5.15. The van der Waals surface area contributed by atoms with E-state index in [2.05, 4.69) is 6.58 Å². The first-order valence-corrected chi connectivity index (χ1v) is 1.53. The average Bonchev–Trinajstić information content (AvgIpc) is 1.36. The summed E-state index contributed by atoms with van der Waals surface area (Å²) in [4.78, 5) is 9.60. The van der Waals surface area contributed by atoms with E-state index in [1.165, 1.54) is 6.92 Å². The van der Waals surface area contributed by atoms with Gasteiger partial charge in [-0.05, 0) is 6.92 Å². The van der Waals surface area contributed by atoms with Crippen molar-refractivity contribution in [2.24, 2.45) is 0 Å². The van der Waals surface area contributed by atoms with Gasteiger partial charge in [0.25, 0.3) is 0 Å². The van der Waals surface area contributed by atoms with Gasteiger partial charge in [-0.3, -0.25) is 0 Å². The molecule has 5 heteroatoms. The minimum atomic E-state index is -0.935. The number of aliphatic carboxylic acids is 1. The Labute approximate surface area is 86.1 Å². The van der Waals surface area contributed by atoms with Crippen LogP contribution in [0.5, 0.6) is 0 Å². The quantitative estimate of drug-likeness (QED) is 0.390. The molecular weight excluding hydrogens is 152 g/mol. The Balaban J connectivity index is -0.0000000125. The molecule has 0 saturated carbocycles. The summed E-state index contributed by atoms with van der Waals surface area (Å²) >= 11 is 0. The van der Waals surface area contributed by atoms with Crippen molar-refractivity contribution in [3.05, 3.63) is 12.2 Å². The van der Waals surface area contributed by atoms with Crippen LogP contribution in [-0.2, 0) is 4.79 Å². The van der Waals surface area contributed by atoms with Crippen molar-refractivity contribution in [3.8, 4) is 0 Å². The number of carboxylic acid groups (broad SMARTS) is 1. The van der Waals surface area contributed by atoms with Crippen molar-refractivity contribution in [3.63, 3.8) is 0 Å². The fraction of sp³-hybridized carbons (Fsp3) is 0.250. The maximum Gasteiger partial charge on any atom is 2.00 e. The molecule has 0 aromatic rings. The summed E-state index contributed by atoms with van der Waals surface area (Å²) in [6.45, 7) is 4.60. The Morgan fingerprint density at radius 3 is 1.67 bits per heavy atom. The predicted molar refractivity (Wildman–Crippen MR) is 37.7 cm³/mol. The molecule has 0 bridgehead atoms. The summed E-state index contributed by atoms with van der Waals surface area (Å²) in [7, 11) is 0. The minimum absolute atomic E-state index is 0. The van der Waals surface area contributed by atoms with Gasteiger partial charge < -0.3 is 18.9 Å². The van der Waals surface area contributed by atoms with Crippen LogP contribution >= 0.6 is 0 Å². The van der Waals surface area contributed by atoms with Gasteiger partial charge in [-0.1, -0.05) is 6.58 Å². The van der Waals surface area contributed by atoms with Crippen LogP contribution in [0.4, 0.5) is 0 Å². The topological polar surface area (TPSA) is 100 Å². The molecule has 0 aromatic heterocycles. The van der Waals surface area contributed by atoms with Crippen LogP contribution in [0.15, 0.2) is 12.2 Å². The number of carboxylic acids is 1. The van der Waals surface area contributed by atoms with E-state index in [1.54, 1.807) is 0 Å². The van der Waals surface area contributed by atoms with Crippen LogP contribution in [0.1, 0.15) is 9.78 Å². The number of hydrogen-bond acceptors (Lipinski definition) is 1. The van der Waals surface area contributed by atoms with Gasteiger partial charge in [0.1, 0.15) is 0 Å². The van der Waals surface area contributed by atoms with Crippen LogP contribution in [0, 0.1) is 0 Å². The van der Waals surface area contributed by atoms with Gasteiger partial charge in [-0.25, -0.2) is 4.79 Å². The van der Waals surface area contributed by atoms with E-state index in [4.69, 9.17) is 5.11 Å². The molecule has 0 aliphatic rings. The third-order valence-corrected chi connectivity index (χ3v) is 0.365. The second kappa shape index (κ2) is 11.2. The smallest absolute Gasteiger partial charge is 1.00 e. The molecule has 5 N–H and O–H groups in total. The molecule has 0 atom stereocenters. The minimum Gasteiger partial charge on any atom is -1.00 e. The average molecular weight is 164 g/mol. The largest absolute Gasteiger partial charge is 2.00 e. The number of carbonyl (C=O) groups is 1. The van der Waals surface area contributed by atoms with E-state index in [1.807, 2.05) is 0 Å². The van der Waals surface area contributed by atoms with Gasteiger partial charge in [0.15, 0.2) is 0 Å². The van der Waals surface area contributed by atoms with Crippen molar-refractivity contribution in [1.29, 1.82) is 0 Å². The molecule has 0 spiro atoms. The maximum absolute atomic E-state index is 9.60. The van der Waals surface area contributed by atoms with Gasteiger partial charge in [-0.2, -0.15) is 0 Å². The Kier molecular flexibility index (Phi) is 28.4. The molecule has 0 fully saturated rings. The third-order valence-electron chi connectivity index (χ3n) is 0.365. The van der Waals surface area contributed by atoms with Crippen LogP contribution in [0.2, 0.25) is 0 Å². The van der Waals surface area contributed by atoms with Crippen molar-refractivity contribution in [1.82, 2.24) is 0 Å². The molecule has 0 aliphatic heterocycles. The predicted octanol–water partition coefficient (Wildman–Crippen LogP) is -1.16. The Morgan fingerprint density at radius 2 is 1.67 bits per heavy atom. The Morgan fingerprint density at radius 1 is 1.56 bits per heavy atom. The van der Waals surface area contributed by atoms with Gasteiger partial charge in [0.05, 0.1) is 0 Å². The molecule has 0 amide bonds. The fourth-order valence-electron chi connectivity index (χ4n) is 0. The molecule has 0 radical (unpaired) electrons. The van der Waals surface area contributed by atoms with E-state index in [0.29, 0.717) is 0 Å². The summed E-state index contributed by atoms with van der Waals surface area (Å²) in [5.74, 6) is -0.935. The fourth-order valence-corrected chi connectivity index (χ4v) is 0. The van der Waals surface area contributed by atoms with E-state index < -0.39 is 5.97 Å². The molecule has 4 nitrogen and oxygen atoms in total. The summed E-state index contributed by atoms with van der Waals surface area (Å²) in [6, 6.07) is 0. The summed E-state index contributed by atoms with van der Waals surface area (Å²) in [5, 5.41) is 7.89. The Bertz CT molecular complexity index is 86.1. The standard InChI is InChI=1S/C4H6O2.Ca.2H2O.2H/c1-3(2)4(5)6;;;;;/h1H2,2H3,(H,5,6);;2*1H2;;/q;+2;;;2*-1. The van der Waals surface area contributed by atoms with Crippen molar-refractivity contribution >= 4 is 43.7 Å². The first-order chi connectivity index (χ1) is 2.64. The summed E-state index contributed by atoms with van der Waals surface area (Å²) < 4.78 is 0. The summed E-state index contributed by atoms with van der Waals surface area (Å²) in [6.07, 6.45) is 0. The second-order valence-corrected chi connectivity index (χ2v) is 1.09. The van der Waals surface area contributed by atoms with E-state index >= 15 is 0 Å². The SMILES string of the molecule is C=C(C)C(=O)O.O.O.[Ca+2].[H-].[H-]. The first kappa shape index (κ1) is 22.8. The Hall–Kier alpha value is 0.390. The molecular formula is C4H12CaO4. The molecule has 0 aromatic carbocycles. The number of rotatable bonds is 1. The van der Waals surface area contributed by atoms with Gasteiger partial charge in [0, 0.05) is 5.57 Å². The van der Waals surface area contributed by atoms with Crippen LogP contribution < -0.4 is 0 Å². The zero-order valence-corrected chi connectivity index (χ0v) is 7.48. The molecule has 0 heterocycles.